The molecule has 5 heteroatoms. The molecule has 0 saturated carbocycles. The predicted molar refractivity (Wildman–Crippen MR) is 90.4 cm³/mol. The van der Waals surface area contributed by atoms with Crippen molar-refractivity contribution in [3.8, 4) is 0 Å². The Labute approximate surface area is 136 Å². The van der Waals surface area contributed by atoms with Crippen molar-refractivity contribution in [1.29, 1.82) is 0 Å². The van der Waals surface area contributed by atoms with Gasteiger partial charge in [-0.3, -0.25) is 9.59 Å². The van der Waals surface area contributed by atoms with Crippen LogP contribution in [0.3, 0.4) is 0 Å². The lowest BCUT2D eigenvalue weighted by Gasteiger charge is -2.31. The first-order valence-corrected chi connectivity index (χ1v) is 7.99. The third-order valence-corrected chi connectivity index (χ3v) is 4.61. The Balaban J connectivity index is 2.17. The molecule has 5 nitrogen and oxygen atoms in total. The zero-order valence-corrected chi connectivity index (χ0v) is 13.9. The molecule has 1 aromatic heterocycles. The van der Waals surface area contributed by atoms with Crippen LogP contribution in [0.5, 0.6) is 0 Å². The number of carbonyl (C=O) groups excluding carboxylic acids is 1. The number of nitrogens with one attached hydrogen (secondary N) is 2. The van der Waals surface area contributed by atoms with Crippen molar-refractivity contribution in [2.45, 2.75) is 52.0 Å². The minimum Gasteiger partial charge on any atom is -0.481 e. The number of H-pyrrole nitrogens is 1. The maximum Gasteiger partial charge on any atom is 0.305 e. The minimum atomic E-state index is -0.892. The molecule has 0 bridgehead atoms. The Morgan fingerprint density at radius 3 is 2.57 bits per heavy atom. The van der Waals surface area contributed by atoms with Crippen LogP contribution in [-0.4, -0.2) is 27.5 Å². The number of aliphatic carboxylic acids is 1. The summed E-state index contributed by atoms with van der Waals surface area (Å²) in [5, 5.41) is 13.1. The fourth-order valence-electron chi connectivity index (χ4n) is 3.03. The number of benzene rings is 1. The monoisotopic (exact) mass is 316 g/mol. The van der Waals surface area contributed by atoms with Crippen LogP contribution in [-0.2, 0) is 16.0 Å². The van der Waals surface area contributed by atoms with Gasteiger partial charge in [-0.2, -0.15) is 0 Å². The van der Waals surface area contributed by atoms with E-state index in [4.69, 9.17) is 5.11 Å². The summed E-state index contributed by atoms with van der Waals surface area (Å²) in [6.45, 7) is 5.83. The van der Waals surface area contributed by atoms with Crippen molar-refractivity contribution in [3.05, 3.63) is 35.5 Å². The van der Waals surface area contributed by atoms with Gasteiger partial charge in [0.1, 0.15) is 0 Å². The van der Waals surface area contributed by atoms with E-state index in [1.54, 1.807) is 0 Å². The molecule has 2 aromatic rings. The number of hydrogen-bond acceptors (Lipinski definition) is 2. The highest BCUT2D eigenvalue weighted by atomic mass is 16.4. The largest absolute Gasteiger partial charge is 0.481 e. The molecule has 1 aromatic carbocycles. The third-order valence-electron chi connectivity index (χ3n) is 4.61. The number of hydrogen-bond donors (Lipinski definition) is 3. The Kier molecular flexibility index (Phi) is 5.08. The van der Waals surface area contributed by atoms with E-state index in [9.17, 15) is 9.59 Å². The fourth-order valence-corrected chi connectivity index (χ4v) is 3.03. The number of carboxylic acid groups (broad SMARTS) is 1. The highest BCUT2D eigenvalue weighted by Gasteiger charge is 2.31. The molecule has 0 aliphatic carbocycles. The highest BCUT2D eigenvalue weighted by Crippen LogP contribution is 2.23. The maximum absolute atomic E-state index is 12.4. The summed E-state index contributed by atoms with van der Waals surface area (Å²) in [6.07, 6.45) is 3.22. The lowest BCUT2D eigenvalue weighted by Crippen LogP contribution is -2.49. The van der Waals surface area contributed by atoms with Gasteiger partial charge in [0.15, 0.2) is 0 Å². The van der Waals surface area contributed by atoms with Crippen LogP contribution >= 0.6 is 0 Å². The van der Waals surface area contributed by atoms with Crippen LogP contribution in [0.1, 0.15) is 44.2 Å². The summed E-state index contributed by atoms with van der Waals surface area (Å²) in [7, 11) is 0. The predicted octanol–water partition coefficient (Wildman–Crippen LogP) is 3.17. The number of aryl methyl sites for hydroxylation is 1. The third kappa shape index (κ3) is 3.73. The average molecular weight is 316 g/mol. The van der Waals surface area contributed by atoms with Crippen LogP contribution in [0, 0.1) is 6.92 Å². The number of para-hydroxylation sites is 1. The molecule has 0 aliphatic rings. The van der Waals surface area contributed by atoms with Gasteiger partial charge in [-0.25, -0.2) is 0 Å². The first-order chi connectivity index (χ1) is 10.9. The molecule has 1 amide bonds. The van der Waals surface area contributed by atoms with Crippen molar-refractivity contribution < 1.29 is 14.7 Å². The number of amides is 1. The van der Waals surface area contributed by atoms with Gasteiger partial charge in [0.25, 0.3) is 0 Å². The van der Waals surface area contributed by atoms with Crippen LogP contribution in [0.2, 0.25) is 0 Å². The standard InChI is InChI=1S/C18H24N2O3/c1-4-18(5-2,10-16(22)23)20-15(21)9-13-11-19-17-12(3)7-6-8-14(13)17/h6-8,11,19H,4-5,9-10H2,1-3H3,(H,20,21)(H,22,23). The van der Waals surface area contributed by atoms with Gasteiger partial charge in [0.05, 0.1) is 12.8 Å². The maximum atomic E-state index is 12.4. The Hall–Kier alpha value is -2.30. The molecular formula is C18H24N2O3. The summed E-state index contributed by atoms with van der Waals surface area (Å²) in [5.41, 5.74) is 2.43. The molecule has 3 N–H and O–H groups in total. The lowest BCUT2D eigenvalue weighted by molar-refractivity contribution is -0.139. The van der Waals surface area contributed by atoms with Crippen molar-refractivity contribution in [3.63, 3.8) is 0 Å². The van der Waals surface area contributed by atoms with Gasteiger partial charge in [0.2, 0.25) is 5.91 Å². The molecule has 124 valence electrons. The average Bonchev–Trinajstić information content (AvgIpc) is 2.90. The molecule has 2 rings (SSSR count). The Morgan fingerprint density at radius 1 is 1.26 bits per heavy atom. The van der Waals surface area contributed by atoms with Crippen LogP contribution < -0.4 is 5.32 Å². The normalized spacial score (nSPS) is 11.6. The fraction of sp³-hybridized carbons (Fsp3) is 0.444. The molecule has 1 heterocycles. The quantitative estimate of drug-likeness (QED) is 0.734. The Morgan fingerprint density at radius 2 is 1.96 bits per heavy atom. The summed E-state index contributed by atoms with van der Waals surface area (Å²) >= 11 is 0. The summed E-state index contributed by atoms with van der Waals surface area (Å²) in [4.78, 5) is 26.7. The topological polar surface area (TPSA) is 82.2 Å². The molecule has 0 unspecified atom stereocenters. The van der Waals surface area contributed by atoms with Gasteiger partial charge in [0, 0.05) is 22.6 Å². The van der Waals surface area contributed by atoms with Crippen LogP contribution in [0.15, 0.2) is 24.4 Å². The van der Waals surface area contributed by atoms with E-state index in [0.29, 0.717) is 12.8 Å². The number of carbonyl (C=O) groups is 2. The van der Waals surface area contributed by atoms with Crippen LogP contribution in [0.4, 0.5) is 0 Å². The molecule has 23 heavy (non-hydrogen) atoms. The van der Waals surface area contributed by atoms with Gasteiger partial charge in [-0.1, -0.05) is 32.0 Å². The van der Waals surface area contributed by atoms with Crippen LogP contribution in [0.25, 0.3) is 10.9 Å². The smallest absolute Gasteiger partial charge is 0.305 e. The number of aromatic nitrogens is 1. The van der Waals surface area contributed by atoms with Crippen molar-refractivity contribution >= 4 is 22.8 Å². The molecular weight excluding hydrogens is 292 g/mol. The van der Waals surface area contributed by atoms with Gasteiger partial charge in [-0.05, 0) is 30.9 Å². The summed E-state index contributed by atoms with van der Waals surface area (Å²) in [6, 6.07) is 5.99. The van der Waals surface area contributed by atoms with E-state index >= 15 is 0 Å². The van der Waals surface area contributed by atoms with Crippen molar-refractivity contribution in [2.24, 2.45) is 0 Å². The van der Waals surface area contributed by atoms with E-state index in [1.807, 2.05) is 45.2 Å². The van der Waals surface area contributed by atoms with E-state index in [-0.39, 0.29) is 18.7 Å². The molecule has 0 aliphatic heterocycles. The number of carboxylic acids is 1. The minimum absolute atomic E-state index is 0.0568. The van der Waals surface area contributed by atoms with Gasteiger partial charge < -0.3 is 15.4 Å². The van der Waals surface area contributed by atoms with Gasteiger partial charge >= 0.3 is 5.97 Å². The second-order valence-corrected chi connectivity index (χ2v) is 6.09. The number of fused-ring (bicyclic) bond motifs is 1. The molecule has 0 spiro atoms. The lowest BCUT2D eigenvalue weighted by atomic mass is 9.88. The second-order valence-electron chi connectivity index (χ2n) is 6.09. The van der Waals surface area contributed by atoms with E-state index in [2.05, 4.69) is 10.3 Å². The summed E-state index contributed by atoms with van der Waals surface area (Å²) < 4.78 is 0. The van der Waals surface area contributed by atoms with E-state index in [0.717, 1.165) is 22.0 Å². The molecule has 0 saturated heterocycles. The van der Waals surface area contributed by atoms with E-state index in [1.165, 1.54) is 0 Å². The molecule has 0 radical (unpaired) electrons. The second kappa shape index (κ2) is 6.86. The molecule has 0 fully saturated rings. The number of rotatable bonds is 7. The summed E-state index contributed by atoms with van der Waals surface area (Å²) in [5.74, 6) is -1.03. The number of aromatic amines is 1. The zero-order chi connectivity index (χ0) is 17.0. The van der Waals surface area contributed by atoms with E-state index < -0.39 is 11.5 Å². The first kappa shape index (κ1) is 17.1. The van der Waals surface area contributed by atoms with Crippen molar-refractivity contribution in [1.82, 2.24) is 10.3 Å². The SMILES string of the molecule is CCC(CC)(CC(=O)O)NC(=O)Cc1c[nH]c2c(C)cccc12. The first-order valence-electron chi connectivity index (χ1n) is 7.99. The molecule has 0 atom stereocenters. The van der Waals surface area contributed by atoms with Gasteiger partial charge in [-0.15, -0.1) is 0 Å². The highest BCUT2D eigenvalue weighted by molar-refractivity contribution is 5.90. The van der Waals surface area contributed by atoms with Crippen molar-refractivity contribution in [2.75, 3.05) is 0 Å². The zero-order valence-electron chi connectivity index (χ0n) is 13.9. The Bertz CT molecular complexity index is 714.